The third-order valence-electron chi connectivity index (χ3n) is 3.25. The van der Waals surface area contributed by atoms with E-state index in [2.05, 4.69) is 41.0 Å². The van der Waals surface area contributed by atoms with Gasteiger partial charge >= 0.3 is 0 Å². The van der Waals surface area contributed by atoms with Crippen LogP contribution < -0.4 is 10.2 Å². The highest BCUT2D eigenvalue weighted by Gasteiger charge is 2.31. The molecule has 1 saturated heterocycles. The van der Waals surface area contributed by atoms with Crippen molar-refractivity contribution in [1.29, 1.82) is 0 Å². The van der Waals surface area contributed by atoms with E-state index in [1.807, 2.05) is 13.1 Å². The van der Waals surface area contributed by atoms with Crippen molar-refractivity contribution in [3.63, 3.8) is 0 Å². The molecule has 1 aliphatic rings. The topological polar surface area (TPSA) is 50.3 Å². The van der Waals surface area contributed by atoms with Crippen molar-refractivity contribution in [3.05, 3.63) is 11.9 Å². The van der Waals surface area contributed by atoms with E-state index in [0.717, 1.165) is 43.6 Å². The standard InChI is InChI=1S/C13H22N4O/c1-5-10-15-11(14-4)8-12(16-10)17-6-7-18-9-13(17,2)3/h8H,5-7,9H2,1-4H3,(H,14,15,16). The summed E-state index contributed by atoms with van der Waals surface area (Å²) in [4.78, 5) is 11.4. The Hall–Kier alpha value is -1.36. The van der Waals surface area contributed by atoms with Gasteiger partial charge in [0.2, 0.25) is 0 Å². The number of rotatable bonds is 3. The molecule has 18 heavy (non-hydrogen) atoms. The third-order valence-corrected chi connectivity index (χ3v) is 3.25. The molecule has 100 valence electrons. The summed E-state index contributed by atoms with van der Waals surface area (Å²) in [5.74, 6) is 2.73. The maximum absolute atomic E-state index is 5.55. The molecule has 0 radical (unpaired) electrons. The highest BCUT2D eigenvalue weighted by molar-refractivity contribution is 5.51. The molecule has 1 fully saturated rings. The Morgan fingerprint density at radius 2 is 2.22 bits per heavy atom. The number of hydrogen-bond donors (Lipinski definition) is 1. The molecule has 0 aliphatic carbocycles. The zero-order chi connectivity index (χ0) is 13.2. The van der Waals surface area contributed by atoms with Crippen LogP contribution in [-0.2, 0) is 11.2 Å². The Bertz CT molecular complexity index is 397. The summed E-state index contributed by atoms with van der Waals surface area (Å²) in [6, 6.07) is 2.01. The summed E-state index contributed by atoms with van der Waals surface area (Å²) in [6.07, 6.45) is 0.841. The Morgan fingerprint density at radius 3 is 2.83 bits per heavy atom. The van der Waals surface area contributed by atoms with Crippen LogP contribution >= 0.6 is 0 Å². The number of nitrogens with one attached hydrogen (secondary N) is 1. The number of aromatic nitrogens is 2. The van der Waals surface area contributed by atoms with Gasteiger partial charge in [-0.1, -0.05) is 6.92 Å². The molecule has 0 atom stereocenters. The maximum atomic E-state index is 5.55. The molecule has 1 N–H and O–H groups in total. The largest absolute Gasteiger partial charge is 0.377 e. The lowest BCUT2D eigenvalue weighted by molar-refractivity contribution is 0.0639. The number of ether oxygens (including phenoxy) is 1. The normalized spacial score (nSPS) is 18.8. The fraction of sp³-hybridized carbons (Fsp3) is 0.692. The zero-order valence-corrected chi connectivity index (χ0v) is 11.7. The van der Waals surface area contributed by atoms with Gasteiger partial charge in [0.1, 0.15) is 17.5 Å². The Kier molecular flexibility index (Phi) is 3.71. The second-order valence-corrected chi connectivity index (χ2v) is 5.15. The van der Waals surface area contributed by atoms with E-state index in [0.29, 0.717) is 0 Å². The monoisotopic (exact) mass is 250 g/mol. The van der Waals surface area contributed by atoms with E-state index in [1.54, 1.807) is 0 Å². The average Bonchev–Trinajstić information content (AvgIpc) is 2.37. The van der Waals surface area contributed by atoms with Crippen molar-refractivity contribution < 1.29 is 4.74 Å². The molecule has 1 aliphatic heterocycles. The highest BCUT2D eigenvalue weighted by Crippen LogP contribution is 2.26. The summed E-state index contributed by atoms with van der Waals surface area (Å²) >= 11 is 0. The zero-order valence-electron chi connectivity index (χ0n) is 11.7. The first kappa shape index (κ1) is 13.1. The first-order chi connectivity index (χ1) is 8.56. The molecule has 5 heteroatoms. The van der Waals surface area contributed by atoms with E-state index in [1.165, 1.54) is 0 Å². The first-order valence-electron chi connectivity index (χ1n) is 6.48. The van der Waals surface area contributed by atoms with Crippen LogP contribution in [0.25, 0.3) is 0 Å². The quantitative estimate of drug-likeness (QED) is 0.884. The molecule has 0 saturated carbocycles. The lowest BCUT2D eigenvalue weighted by Crippen LogP contribution is -2.53. The Balaban J connectivity index is 2.36. The van der Waals surface area contributed by atoms with E-state index in [9.17, 15) is 0 Å². The Labute approximate surface area is 109 Å². The summed E-state index contributed by atoms with van der Waals surface area (Å²) in [5.41, 5.74) is -0.0252. The predicted octanol–water partition coefficient (Wildman–Crippen LogP) is 1.70. The van der Waals surface area contributed by atoms with Crippen LogP contribution in [0.3, 0.4) is 0 Å². The average molecular weight is 250 g/mol. The van der Waals surface area contributed by atoms with Crippen LogP contribution in [0.4, 0.5) is 11.6 Å². The van der Waals surface area contributed by atoms with Gasteiger partial charge in [0.15, 0.2) is 0 Å². The van der Waals surface area contributed by atoms with Gasteiger partial charge in [-0.2, -0.15) is 0 Å². The number of morpholine rings is 1. The van der Waals surface area contributed by atoms with Crippen molar-refractivity contribution in [2.75, 3.05) is 37.0 Å². The van der Waals surface area contributed by atoms with E-state index >= 15 is 0 Å². The molecular weight excluding hydrogens is 228 g/mol. The third kappa shape index (κ3) is 2.56. The van der Waals surface area contributed by atoms with Crippen molar-refractivity contribution >= 4 is 11.6 Å². The molecule has 1 aromatic rings. The van der Waals surface area contributed by atoms with Crippen LogP contribution in [-0.4, -0.2) is 42.3 Å². The van der Waals surface area contributed by atoms with Crippen molar-refractivity contribution in [1.82, 2.24) is 9.97 Å². The summed E-state index contributed by atoms with van der Waals surface area (Å²) < 4.78 is 5.55. The van der Waals surface area contributed by atoms with Crippen LogP contribution in [0.1, 0.15) is 26.6 Å². The van der Waals surface area contributed by atoms with Crippen LogP contribution in [0.15, 0.2) is 6.07 Å². The summed E-state index contributed by atoms with van der Waals surface area (Å²) in [5, 5.41) is 3.10. The molecule has 5 nitrogen and oxygen atoms in total. The van der Waals surface area contributed by atoms with Gasteiger partial charge in [-0.25, -0.2) is 9.97 Å². The first-order valence-corrected chi connectivity index (χ1v) is 6.48. The van der Waals surface area contributed by atoms with E-state index < -0.39 is 0 Å². The second kappa shape index (κ2) is 5.10. The molecule has 2 rings (SSSR count). The molecule has 0 amide bonds. The number of hydrogen-bond acceptors (Lipinski definition) is 5. The van der Waals surface area contributed by atoms with Crippen LogP contribution in [0.5, 0.6) is 0 Å². The Morgan fingerprint density at radius 1 is 1.44 bits per heavy atom. The predicted molar refractivity (Wildman–Crippen MR) is 73.2 cm³/mol. The fourth-order valence-electron chi connectivity index (χ4n) is 2.19. The fourth-order valence-corrected chi connectivity index (χ4v) is 2.19. The van der Waals surface area contributed by atoms with Gasteiger partial charge in [-0.15, -0.1) is 0 Å². The summed E-state index contributed by atoms with van der Waals surface area (Å²) in [6.45, 7) is 8.79. The van der Waals surface area contributed by atoms with Crippen LogP contribution in [0.2, 0.25) is 0 Å². The molecule has 0 unspecified atom stereocenters. The number of nitrogens with zero attached hydrogens (tertiary/aromatic N) is 3. The van der Waals surface area contributed by atoms with Gasteiger partial charge < -0.3 is 15.0 Å². The number of anilines is 2. The van der Waals surface area contributed by atoms with Gasteiger partial charge in [0, 0.05) is 26.1 Å². The maximum Gasteiger partial charge on any atom is 0.135 e. The van der Waals surface area contributed by atoms with Gasteiger partial charge in [0.25, 0.3) is 0 Å². The van der Waals surface area contributed by atoms with Crippen molar-refractivity contribution in [2.24, 2.45) is 0 Å². The molecule has 1 aromatic heterocycles. The molecular formula is C13H22N4O. The minimum atomic E-state index is -0.0252. The number of aryl methyl sites for hydroxylation is 1. The smallest absolute Gasteiger partial charge is 0.135 e. The molecule has 0 aromatic carbocycles. The second-order valence-electron chi connectivity index (χ2n) is 5.15. The van der Waals surface area contributed by atoms with Gasteiger partial charge in [0.05, 0.1) is 18.8 Å². The lowest BCUT2D eigenvalue weighted by atomic mass is 10.0. The molecule has 2 heterocycles. The highest BCUT2D eigenvalue weighted by atomic mass is 16.5. The van der Waals surface area contributed by atoms with Crippen molar-refractivity contribution in [3.8, 4) is 0 Å². The minimum Gasteiger partial charge on any atom is -0.377 e. The van der Waals surface area contributed by atoms with Gasteiger partial charge in [-0.3, -0.25) is 0 Å². The van der Waals surface area contributed by atoms with E-state index in [4.69, 9.17) is 4.74 Å². The van der Waals surface area contributed by atoms with Crippen molar-refractivity contribution in [2.45, 2.75) is 32.7 Å². The lowest BCUT2D eigenvalue weighted by Gasteiger charge is -2.43. The SMILES string of the molecule is CCc1nc(NC)cc(N2CCOCC2(C)C)n1. The molecule has 0 bridgehead atoms. The van der Waals surface area contributed by atoms with Crippen LogP contribution in [0, 0.1) is 0 Å². The molecule has 0 spiro atoms. The summed E-state index contributed by atoms with van der Waals surface area (Å²) in [7, 11) is 1.88. The van der Waals surface area contributed by atoms with Gasteiger partial charge in [-0.05, 0) is 13.8 Å². The van der Waals surface area contributed by atoms with E-state index in [-0.39, 0.29) is 5.54 Å². The minimum absolute atomic E-state index is 0.0252.